The molecule has 0 aliphatic rings. The predicted octanol–water partition coefficient (Wildman–Crippen LogP) is 4.80. The highest BCUT2D eigenvalue weighted by molar-refractivity contribution is 6.01. The summed E-state index contributed by atoms with van der Waals surface area (Å²) in [5.41, 5.74) is 1.11. The zero-order valence-corrected chi connectivity index (χ0v) is 16.9. The van der Waals surface area contributed by atoms with E-state index in [1.54, 1.807) is 43.6 Å². The lowest BCUT2D eigenvalue weighted by Gasteiger charge is -2.15. The van der Waals surface area contributed by atoms with Crippen molar-refractivity contribution in [3.05, 3.63) is 95.6 Å². The van der Waals surface area contributed by atoms with Crippen LogP contribution in [-0.2, 0) is 11.8 Å². The van der Waals surface area contributed by atoms with Gasteiger partial charge in [0.05, 0.1) is 11.9 Å². The van der Waals surface area contributed by atoms with Crippen LogP contribution in [0, 0.1) is 11.6 Å². The summed E-state index contributed by atoms with van der Waals surface area (Å²) in [7, 11) is 1.61. The van der Waals surface area contributed by atoms with Crippen LogP contribution in [0.5, 0.6) is 11.6 Å². The quantitative estimate of drug-likeness (QED) is 0.459. The van der Waals surface area contributed by atoms with Gasteiger partial charge in [-0.05, 0) is 35.7 Å². The minimum absolute atomic E-state index is 0.0101. The molecular formula is C24H17F2N3O3. The largest absolute Gasteiger partial charge is 0.435 e. The molecular weight excluding hydrogens is 416 g/mol. The highest BCUT2D eigenvalue weighted by Crippen LogP contribution is 2.37. The van der Waals surface area contributed by atoms with E-state index in [0.29, 0.717) is 33.7 Å². The van der Waals surface area contributed by atoms with Gasteiger partial charge in [-0.1, -0.05) is 24.8 Å². The van der Waals surface area contributed by atoms with E-state index in [2.05, 4.69) is 16.9 Å². The third-order valence-corrected chi connectivity index (χ3v) is 4.79. The molecule has 0 aliphatic heterocycles. The summed E-state index contributed by atoms with van der Waals surface area (Å²) in [5, 5.41) is 3.70. The summed E-state index contributed by atoms with van der Waals surface area (Å²) in [4.78, 5) is 28.6. The van der Waals surface area contributed by atoms with E-state index in [0.717, 1.165) is 18.2 Å². The Hall–Kier alpha value is -4.33. The van der Waals surface area contributed by atoms with Gasteiger partial charge in [0, 0.05) is 35.8 Å². The summed E-state index contributed by atoms with van der Waals surface area (Å²) in [6.07, 6.45) is 4.06. The molecule has 2 aromatic heterocycles. The zero-order chi connectivity index (χ0) is 22.8. The normalized spacial score (nSPS) is 10.7. The molecule has 2 aromatic carbocycles. The molecule has 0 fully saturated rings. The molecule has 2 heterocycles. The topological polar surface area (TPSA) is 73.2 Å². The number of nitrogens with zero attached hydrogens (tertiary/aromatic N) is 2. The molecule has 1 N–H and O–H groups in total. The van der Waals surface area contributed by atoms with Crippen molar-refractivity contribution in [2.24, 2.45) is 7.05 Å². The van der Waals surface area contributed by atoms with Gasteiger partial charge in [0.2, 0.25) is 11.8 Å². The smallest absolute Gasteiger partial charge is 0.258 e. The fourth-order valence-electron chi connectivity index (χ4n) is 3.28. The second-order valence-corrected chi connectivity index (χ2v) is 6.95. The van der Waals surface area contributed by atoms with E-state index < -0.39 is 17.5 Å². The SMILES string of the molecule is C=CC(=O)Nc1cnc(Oc2ccc(F)cc2F)c(-c2cn(C)c(=O)c3ccccc23)c1. The molecule has 4 rings (SSSR count). The number of pyridine rings is 2. The van der Waals surface area contributed by atoms with Crippen molar-refractivity contribution in [3.8, 4) is 22.8 Å². The van der Waals surface area contributed by atoms with Crippen LogP contribution in [0.25, 0.3) is 21.9 Å². The Bertz CT molecular complexity index is 1430. The van der Waals surface area contributed by atoms with Crippen LogP contribution in [0.4, 0.5) is 14.5 Å². The van der Waals surface area contributed by atoms with E-state index in [4.69, 9.17) is 4.74 Å². The molecule has 0 radical (unpaired) electrons. The maximum atomic E-state index is 14.2. The first-order valence-corrected chi connectivity index (χ1v) is 9.52. The van der Waals surface area contributed by atoms with Crippen molar-refractivity contribution in [1.82, 2.24) is 9.55 Å². The number of benzene rings is 2. The molecule has 0 unspecified atom stereocenters. The van der Waals surface area contributed by atoms with Crippen LogP contribution in [0.3, 0.4) is 0 Å². The van der Waals surface area contributed by atoms with Gasteiger partial charge in [-0.25, -0.2) is 13.8 Å². The maximum absolute atomic E-state index is 14.2. The molecule has 0 bridgehead atoms. The number of amides is 1. The zero-order valence-electron chi connectivity index (χ0n) is 16.9. The minimum atomic E-state index is -0.896. The molecule has 0 saturated heterocycles. The second kappa shape index (κ2) is 8.43. The van der Waals surface area contributed by atoms with Gasteiger partial charge < -0.3 is 14.6 Å². The number of nitrogens with one attached hydrogen (secondary N) is 1. The molecule has 0 aliphatic carbocycles. The van der Waals surface area contributed by atoms with Crippen molar-refractivity contribution < 1.29 is 18.3 Å². The highest BCUT2D eigenvalue weighted by Gasteiger charge is 2.18. The summed E-state index contributed by atoms with van der Waals surface area (Å²) in [6.45, 7) is 3.42. The number of rotatable bonds is 5. The number of ether oxygens (including phenoxy) is 1. The van der Waals surface area contributed by atoms with Gasteiger partial charge >= 0.3 is 0 Å². The standard InChI is InChI=1S/C24H17F2N3O3/c1-3-22(30)28-15-11-18(19-13-29(2)24(31)17-7-5-4-6-16(17)19)23(27-12-15)32-21-9-8-14(25)10-20(21)26/h3-13H,1H2,2H3,(H,28,30). The van der Waals surface area contributed by atoms with Gasteiger partial charge in [-0.3, -0.25) is 9.59 Å². The van der Waals surface area contributed by atoms with E-state index >= 15 is 0 Å². The van der Waals surface area contributed by atoms with Crippen molar-refractivity contribution >= 4 is 22.4 Å². The minimum Gasteiger partial charge on any atom is -0.435 e. The molecule has 6 nitrogen and oxygen atoms in total. The van der Waals surface area contributed by atoms with E-state index in [9.17, 15) is 18.4 Å². The van der Waals surface area contributed by atoms with Gasteiger partial charge in [0.1, 0.15) is 5.82 Å². The van der Waals surface area contributed by atoms with Crippen LogP contribution >= 0.6 is 0 Å². The number of aryl methyl sites for hydroxylation is 1. The van der Waals surface area contributed by atoms with E-state index in [-0.39, 0.29) is 17.2 Å². The first-order chi connectivity index (χ1) is 15.4. The molecule has 8 heteroatoms. The summed E-state index contributed by atoms with van der Waals surface area (Å²) in [6, 6.07) is 11.5. The first-order valence-electron chi connectivity index (χ1n) is 9.52. The summed E-state index contributed by atoms with van der Waals surface area (Å²) in [5.74, 6) is -2.30. The van der Waals surface area contributed by atoms with Crippen LogP contribution in [0.15, 0.2) is 78.4 Å². The van der Waals surface area contributed by atoms with Crippen molar-refractivity contribution in [2.75, 3.05) is 5.32 Å². The van der Waals surface area contributed by atoms with Crippen molar-refractivity contribution in [2.45, 2.75) is 0 Å². The third kappa shape index (κ3) is 3.98. The number of carbonyl (C=O) groups is 1. The Labute approximate surface area is 181 Å². The number of anilines is 1. The van der Waals surface area contributed by atoms with Gasteiger partial charge in [0.25, 0.3) is 5.56 Å². The predicted molar refractivity (Wildman–Crippen MR) is 118 cm³/mol. The molecule has 160 valence electrons. The van der Waals surface area contributed by atoms with E-state index in [1.807, 2.05) is 0 Å². The fourth-order valence-corrected chi connectivity index (χ4v) is 3.28. The third-order valence-electron chi connectivity index (χ3n) is 4.79. The van der Waals surface area contributed by atoms with Crippen molar-refractivity contribution in [3.63, 3.8) is 0 Å². The summed E-state index contributed by atoms with van der Waals surface area (Å²) >= 11 is 0. The lowest BCUT2D eigenvalue weighted by molar-refractivity contribution is -0.111. The number of hydrogen-bond donors (Lipinski definition) is 1. The molecule has 0 spiro atoms. The number of carbonyl (C=O) groups excluding carboxylic acids is 1. The molecule has 0 saturated carbocycles. The number of aromatic nitrogens is 2. The van der Waals surface area contributed by atoms with Crippen LogP contribution in [-0.4, -0.2) is 15.5 Å². The van der Waals surface area contributed by atoms with E-state index in [1.165, 1.54) is 10.8 Å². The van der Waals surface area contributed by atoms with Gasteiger partial charge in [-0.2, -0.15) is 0 Å². The first kappa shape index (κ1) is 20.9. The number of hydrogen-bond acceptors (Lipinski definition) is 4. The lowest BCUT2D eigenvalue weighted by atomic mass is 10.0. The number of halogens is 2. The maximum Gasteiger partial charge on any atom is 0.258 e. The van der Waals surface area contributed by atoms with Gasteiger partial charge in [0.15, 0.2) is 11.6 Å². The van der Waals surface area contributed by atoms with Crippen LogP contribution in [0.1, 0.15) is 0 Å². The van der Waals surface area contributed by atoms with Gasteiger partial charge in [-0.15, -0.1) is 0 Å². The Kier molecular flexibility index (Phi) is 5.51. The Balaban J connectivity index is 1.94. The molecule has 32 heavy (non-hydrogen) atoms. The highest BCUT2D eigenvalue weighted by atomic mass is 19.1. The molecule has 4 aromatic rings. The van der Waals surface area contributed by atoms with Crippen molar-refractivity contribution in [1.29, 1.82) is 0 Å². The number of fused-ring (bicyclic) bond motifs is 1. The fraction of sp³-hybridized carbons (Fsp3) is 0.0417. The molecule has 1 amide bonds. The average Bonchev–Trinajstić information content (AvgIpc) is 2.79. The Morgan fingerprint density at radius 2 is 1.88 bits per heavy atom. The lowest BCUT2D eigenvalue weighted by Crippen LogP contribution is -2.16. The molecule has 0 atom stereocenters. The average molecular weight is 433 g/mol. The summed E-state index contributed by atoms with van der Waals surface area (Å²) < 4.78 is 34.6. The Morgan fingerprint density at radius 3 is 2.59 bits per heavy atom. The monoisotopic (exact) mass is 433 g/mol. The van der Waals surface area contributed by atoms with Crippen LogP contribution in [0.2, 0.25) is 0 Å². The second-order valence-electron chi connectivity index (χ2n) is 6.95. The van der Waals surface area contributed by atoms with Crippen LogP contribution < -0.4 is 15.6 Å². The Morgan fingerprint density at radius 1 is 1.12 bits per heavy atom.